The molecular weight excluding hydrogens is 222 g/mol. The van der Waals surface area contributed by atoms with Crippen molar-refractivity contribution in [2.75, 3.05) is 13.1 Å². The van der Waals surface area contributed by atoms with Crippen molar-refractivity contribution in [2.45, 2.75) is 39.2 Å². The Labute approximate surface area is 110 Å². The van der Waals surface area contributed by atoms with E-state index in [1.165, 1.54) is 44.3 Å². The molecular formula is C16H23NO. The Morgan fingerprint density at radius 2 is 2.06 bits per heavy atom. The Morgan fingerprint density at radius 3 is 2.94 bits per heavy atom. The topological polar surface area (TPSA) is 23.5 Å². The predicted octanol–water partition coefficient (Wildman–Crippen LogP) is 3.32. The Bertz CT molecular complexity index is 429. The van der Waals surface area contributed by atoms with Crippen molar-refractivity contribution in [2.24, 2.45) is 11.8 Å². The number of hydrogen-bond acceptors (Lipinski definition) is 2. The number of phenols is 1. The lowest BCUT2D eigenvalue weighted by atomic mass is 10.0. The van der Waals surface area contributed by atoms with Crippen molar-refractivity contribution >= 4 is 0 Å². The lowest BCUT2D eigenvalue weighted by Gasteiger charge is -2.25. The van der Waals surface area contributed by atoms with Crippen LogP contribution < -0.4 is 0 Å². The number of aryl methyl sites for hydroxylation is 1. The second-order valence-electron chi connectivity index (χ2n) is 6.20. The van der Waals surface area contributed by atoms with E-state index in [0.717, 1.165) is 23.9 Å². The van der Waals surface area contributed by atoms with Crippen molar-refractivity contribution in [3.8, 4) is 5.75 Å². The zero-order chi connectivity index (χ0) is 12.5. The molecule has 3 rings (SSSR count). The molecule has 1 N–H and O–H groups in total. The van der Waals surface area contributed by atoms with Crippen LogP contribution in [-0.4, -0.2) is 23.1 Å². The maximum atomic E-state index is 9.94. The highest BCUT2D eigenvalue weighted by atomic mass is 16.3. The van der Waals surface area contributed by atoms with Gasteiger partial charge < -0.3 is 5.11 Å². The van der Waals surface area contributed by atoms with E-state index in [9.17, 15) is 5.11 Å². The van der Waals surface area contributed by atoms with E-state index in [2.05, 4.69) is 17.9 Å². The molecule has 0 unspecified atom stereocenters. The summed E-state index contributed by atoms with van der Waals surface area (Å²) in [6.07, 6.45) is 5.66. The monoisotopic (exact) mass is 245 g/mol. The van der Waals surface area contributed by atoms with Gasteiger partial charge in [0.25, 0.3) is 0 Å². The minimum atomic E-state index is 0.454. The molecule has 1 heterocycles. The summed E-state index contributed by atoms with van der Waals surface area (Å²) in [5.74, 6) is 2.34. The van der Waals surface area contributed by atoms with Crippen LogP contribution in [-0.2, 0) is 6.54 Å². The highest BCUT2D eigenvalue weighted by Crippen LogP contribution is 2.37. The summed E-state index contributed by atoms with van der Waals surface area (Å²) in [6.45, 7) is 5.43. The molecule has 2 atom stereocenters. The van der Waals surface area contributed by atoms with Crippen LogP contribution in [0.2, 0.25) is 0 Å². The number of likely N-dealkylation sites (tertiary alicyclic amines) is 1. The van der Waals surface area contributed by atoms with Gasteiger partial charge in [-0.3, -0.25) is 4.90 Å². The molecule has 0 aromatic heterocycles. The van der Waals surface area contributed by atoms with Crippen LogP contribution in [0, 0.1) is 18.8 Å². The first-order valence-electron chi connectivity index (χ1n) is 7.21. The van der Waals surface area contributed by atoms with E-state index in [4.69, 9.17) is 0 Å². The van der Waals surface area contributed by atoms with Gasteiger partial charge in [0.1, 0.15) is 5.75 Å². The largest absolute Gasteiger partial charge is 0.508 e. The number of nitrogens with zero attached hydrogens (tertiary/aromatic N) is 1. The summed E-state index contributed by atoms with van der Waals surface area (Å²) in [5, 5.41) is 9.94. The van der Waals surface area contributed by atoms with E-state index in [0.29, 0.717) is 5.75 Å². The number of rotatable bonds is 2. The van der Waals surface area contributed by atoms with Crippen LogP contribution in [0.1, 0.15) is 36.8 Å². The zero-order valence-electron chi connectivity index (χ0n) is 11.2. The summed E-state index contributed by atoms with van der Waals surface area (Å²) in [5.41, 5.74) is 2.33. The fourth-order valence-electron chi connectivity index (χ4n) is 3.65. The number of fused-ring (bicyclic) bond motifs is 2. The quantitative estimate of drug-likeness (QED) is 0.864. The van der Waals surface area contributed by atoms with Gasteiger partial charge in [0.2, 0.25) is 0 Å². The maximum absolute atomic E-state index is 9.94. The molecule has 0 radical (unpaired) electrons. The van der Waals surface area contributed by atoms with Crippen molar-refractivity contribution in [3.63, 3.8) is 0 Å². The average Bonchev–Trinajstić information content (AvgIpc) is 2.67. The van der Waals surface area contributed by atoms with Gasteiger partial charge in [-0.15, -0.1) is 0 Å². The standard InChI is InChI=1S/C16H23NO/c1-12-2-5-16(18)15(8-12)11-17-7-6-13-3-4-14(9-13)10-17/h2,5,8,13-14,18H,3-4,6-7,9-11H2,1H3/t13-,14+/m1/s1. The molecule has 2 heteroatoms. The second kappa shape index (κ2) is 4.93. The van der Waals surface area contributed by atoms with Gasteiger partial charge >= 0.3 is 0 Å². The predicted molar refractivity (Wildman–Crippen MR) is 73.6 cm³/mol. The molecule has 1 aromatic carbocycles. The SMILES string of the molecule is Cc1ccc(O)c(CN2CC[C@H]3CC[C@@H](C3)C2)c1. The molecule has 0 spiro atoms. The number of phenolic OH excluding ortho intramolecular Hbond substituents is 1. The van der Waals surface area contributed by atoms with Gasteiger partial charge in [-0.05, 0) is 50.6 Å². The van der Waals surface area contributed by atoms with Crippen LogP contribution in [0.5, 0.6) is 5.75 Å². The van der Waals surface area contributed by atoms with Crippen LogP contribution >= 0.6 is 0 Å². The molecule has 1 aromatic rings. The lowest BCUT2D eigenvalue weighted by molar-refractivity contribution is 0.226. The molecule has 1 aliphatic carbocycles. The van der Waals surface area contributed by atoms with Crippen LogP contribution in [0.15, 0.2) is 18.2 Å². The van der Waals surface area contributed by atoms with Gasteiger partial charge in [0, 0.05) is 18.7 Å². The fourth-order valence-corrected chi connectivity index (χ4v) is 3.65. The van der Waals surface area contributed by atoms with Crippen molar-refractivity contribution in [3.05, 3.63) is 29.3 Å². The summed E-state index contributed by atoms with van der Waals surface area (Å²) in [7, 11) is 0. The van der Waals surface area contributed by atoms with Crippen molar-refractivity contribution in [1.82, 2.24) is 4.90 Å². The number of benzene rings is 1. The Hall–Kier alpha value is -1.02. The lowest BCUT2D eigenvalue weighted by Crippen LogP contribution is -2.28. The van der Waals surface area contributed by atoms with Gasteiger partial charge in [-0.25, -0.2) is 0 Å². The van der Waals surface area contributed by atoms with Gasteiger partial charge in [0.15, 0.2) is 0 Å². The van der Waals surface area contributed by atoms with Crippen molar-refractivity contribution in [1.29, 1.82) is 0 Å². The van der Waals surface area contributed by atoms with Gasteiger partial charge in [0.05, 0.1) is 0 Å². The maximum Gasteiger partial charge on any atom is 0.120 e. The average molecular weight is 245 g/mol. The molecule has 2 fully saturated rings. The molecule has 2 aliphatic rings. The third kappa shape index (κ3) is 2.54. The third-order valence-electron chi connectivity index (χ3n) is 4.65. The van der Waals surface area contributed by atoms with Gasteiger partial charge in [-0.2, -0.15) is 0 Å². The molecule has 1 aliphatic heterocycles. The van der Waals surface area contributed by atoms with Gasteiger partial charge in [-0.1, -0.05) is 24.1 Å². The highest BCUT2D eigenvalue weighted by molar-refractivity contribution is 5.35. The summed E-state index contributed by atoms with van der Waals surface area (Å²) in [4.78, 5) is 2.54. The molecule has 1 saturated carbocycles. The first kappa shape index (κ1) is 12.0. The summed E-state index contributed by atoms with van der Waals surface area (Å²) < 4.78 is 0. The minimum Gasteiger partial charge on any atom is -0.508 e. The Balaban J connectivity index is 1.70. The number of aromatic hydroxyl groups is 1. The summed E-state index contributed by atoms with van der Waals surface area (Å²) in [6, 6.07) is 5.93. The normalized spacial score (nSPS) is 28.3. The van der Waals surface area contributed by atoms with E-state index >= 15 is 0 Å². The van der Waals surface area contributed by atoms with Crippen LogP contribution in [0.3, 0.4) is 0 Å². The Kier molecular flexibility index (Phi) is 3.29. The molecule has 98 valence electrons. The third-order valence-corrected chi connectivity index (χ3v) is 4.65. The highest BCUT2D eigenvalue weighted by Gasteiger charge is 2.30. The van der Waals surface area contributed by atoms with E-state index in [1.54, 1.807) is 0 Å². The minimum absolute atomic E-state index is 0.454. The smallest absolute Gasteiger partial charge is 0.120 e. The first-order valence-corrected chi connectivity index (χ1v) is 7.21. The molecule has 18 heavy (non-hydrogen) atoms. The molecule has 1 saturated heterocycles. The Morgan fingerprint density at radius 1 is 1.22 bits per heavy atom. The first-order chi connectivity index (χ1) is 8.70. The second-order valence-corrected chi connectivity index (χ2v) is 6.20. The van der Waals surface area contributed by atoms with E-state index in [-0.39, 0.29) is 0 Å². The van der Waals surface area contributed by atoms with Crippen LogP contribution in [0.4, 0.5) is 0 Å². The fraction of sp³-hybridized carbons (Fsp3) is 0.625. The summed E-state index contributed by atoms with van der Waals surface area (Å²) >= 11 is 0. The molecule has 2 nitrogen and oxygen atoms in total. The molecule has 0 amide bonds. The van der Waals surface area contributed by atoms with E-state index in [1.807, 2.05) is 12.1 Å². The van der Waals surface area contributed by atoms with Crippen LogP contribution in [0.25, 0.3) is 0 Å². The zero-order valence-corrected chi connectivity index (χ0v) is 11.2. The van der Waals surface area contributed by atoms with E-state index < -0.39 is 0 Å². The molecule has 2 bridgehead atoms. The number of hydrogen-bond donors (Lipinski definition) is 1. The van der Waals surface area contributed by atoms with Crippen molar-refractivity contribution < 1.29 is 5.11 Å².